The second-order valence-electron chi connectivity index (χ2n) is 3.22. The third-order valence-electron chi connectivity index (χ3n) is 2.17. The van der Waals surface area contributed by atoms with E-state index in [9.17, 15) is 13.2 Å². The van der Waals surface area contributed by atoms with Crippen LogP contribution in [-0.2, 0) is 6.18 Å². The van der Waals surface area contributed by atoms with Crippen molar-refractivity contribution in [2.24, 2.45) is 0 Å². The van der Waals surface area contributed by atoms with Crippen molar-refractivity contribution in [2.45, 2.75) is 25.1 Å². The van der Waals surface area contributed by atoms with Gasteiger partial charge in [0.15, 0.2) is 5.69 Å². The Balaban J connectivity index is 2.17. The van der Waals surface area contributed by atoms with Gasteiger partial charge in [-0.2, -0.15) is 13.2 Å². The van der Waals surface area contributed by atoms with Crippen LogP contribution in [0.1, 0.15) is 30.5 Å². The Labute approximate surface area is 78.3 Å². The van der Waals surface area contributed by atoms with Crippen molar-refractivity contribution in [3.63, 3.8) is 0 Å². The molecular weight excluding hydrogens is 197 g/mol. The molecule has 0 bridgehead atoms. The van der Waals surface area contributed by atoms with Crippen molar-refractivity contribution >= 4 is 0 Å². The summed E-state index contributed by atoms with van der Waals surface area (Å²) in [5.41, 5.74) is -0.957. The van der Waals surface area contributed by atoms with Crippen LogP contribution in [0.25, 0.3) is 0 Å². The van der Waals surface area contributed by atoms with E-state index in [0.717, 1.165) is 19.4 Å². The van der Waals surface area contributed by atoms with E-state index in [-0.39, 0.29) is 11.9 Å². The Morgan fingerprint density at radius 1 is 1.50 bits per heavy atom. The summed E-state index contributed by atoms with van der Waals surface area (Å²) in [6, 6.07) is -0.161. The lowest BCUT2D eigenvalue weighted by Gasteiger charge is -2.03. The van der Waals surface area contributed by atoms with Crippen LogP contribution in [0.15, 0.2) is 10.7 Å². The molecule has 1 unspecified atom stereocenters. The zero-order chi connectivity index (χ0) is 10.2. The van der Waals surface area contributed by atoms with Crippen molar-refractivity contribution in [2.75, 3.05) is 6.54 Å². The average molecular weight is 206 g/mol. The predicted octanol–water partition coefficient (Wildman–Crippen LogP) is 2.12. The molecule has 1 saturated heterocycles. The van der Waals surface area contributed by atoms with Gasteiger partial charge in [0.05, 0.1) is 6.04 Å². The molecule has 0 aliphatic carbocycles. The quantitative estimate of drug-likeness (QED) is 0.764. The summed E-state index contributed by atoms with van der Waals surface area (Å²) in [5, 5.41) is 3.01. The highest BCUT2D eigenvalue weighted by atomic mass is 19.4. The van der Waals surface area contributed by atoms with Crippen LogP contribution in [0.2, 0.25) is 0 Å². The summed E-state index contributed by atoms with van der Waals surface area (Å²) in [4.78, 5) is 3.41. The maximum Gasteiger partial charge on any atom is 0.436 e. The van der Waals surface area contributed by atoms with Crippen LogP contribution in [0.3, 0.4) is 0 Å². The molecule has 1 aromatic heterocycles. The Kier molecular flexibility index (Phi) is 2.22. The fourth-order valence-corrected chi connectivity index (χ4v) is 1.47. The highest BCUT2D eigenvalue weighted by molar-refractivity contribution is 5.04. The van der Waals surface area contributed by atoms with E-state index in [0.29, 0.717) is 6.26 Å². The summed E-state index contributed by atoms with van der Waals surface area (Å²) in [5.74, 6) is 0.134. The van der Waals surface area contributed by atoms with Gasteiger partial charge in [0.2, 0.25) is 5.89 Å². The fourth-order valence-electron chi connectivity index (χ4n) is 1.47. The van der Waals surface area contributed by atoms with Gasteiger partial charge >= 0.3 is 6.18 Å². The number of alkyl halides is 3. The zero-order valence-corrected chi connectivity index (χ0v) is 7.27. The molecule has 1 atom stereocenters. The molecule has 0 spiro atoms. The van der Waals surface area contributed by atoms with Crippen LogP contribution in [0, 0.1) is 0 Å². The maximum atomic E-state index is 12.1. The molecule has 6 heteroatoms. The Morgan fingerprint density at radius 2 is 2.29 bits per heavy atom. The summed E-state index contributed by atoms with van der Waals surface area (Å²) >= 11 is 0. The van der Waals surface area contributed by atoms with Gasteiger partial charge in [0.25, 0.3) is 0 Å². The molecule has 0 saturated carbocycles. The van der Waals surface area contributed by atoms with Crippen LogP contribution < -0.4 is 5.32 Å². The normalized spacial score (nSPS) is 22.9. The number of nitrogens with zero attached hydrogens (tertiary/aromatic N) is 1. The first-order valence-electron chi connectivity index (χ1n) is 4.33. The minimum atomic E-state index is -4.42. The van der Waals surface area contributed by atoms with Gasteiger partial charge in [0, 0.05) is 0 Å². The number of aromatic nitrogens is 1. The molecule has 1 aliphatic heterocycles. The number of oxazole rings is 1. The Morgan fingerprint density at radius 3 is 2.79 bits per heavy atom. The van der Waals surface area contributed by atoms with E-state index in [1.807, 2.05) is 0 Å². The van der Waals surface area contributed by atoms with Crippen LogP contribution in [0.5, 0.6) is 0 Å². The summed E-state index contributed by atoms with van der Waals surface area (Å²) in [7, 11) is 0. The summed E-state index contributed by atoms with van der Waals surface area (Å²) in [6.45, 7) is 0.800. The second-order valence-corrected chi connectivity index (χ2v) is 3.22. The van der Waals surface area contributed by atoms with Crippen LogP contribution in [0.4, 0.5) is 13.2 Å². The smallest absolute Gasteiger partial charge is 0.436 e. The SMILES string of the molecule is FC(F)(F)c1coc(C2CCCN2)n1. The monoisotopic (exact) mass is 206 g/mol. The number of nitrogens with one attached hydrogen (secondary N) is 1. The second kappa shape index (κ2) is 3.27. The van der Waals surface area contributed by atoms with Gasteiger partial charge < -0.3 is 9.73 Å². The molecule has 3 nitrogen and oxygen atoms in total. The highest BCUT2D eigenvalue weighted by Crippen LogP contribution is 2.30. The number of halogens is 3. The molecule has 2 heterocycles. The molecule has 2 rings (SSSR count). The van der Waals surface area contributed by atoms with Gasteiger partial charge in [-0.25, -0.2) is 4.98 Å². The number of rotatable bonds is 1. The number of hydrogen-bond donors (Lipinski definition) is 1. The molecule has 0 radical (unpaired) electrons. The van der Waals surface area contributed by atoms with E-state index in [1.165, 1.54) is 0 Å². The largest absolute Gasteiger partial charge is 0.447 e. The Hall–Kier alpha value is -1.04. The van der Waals surface area contributed by atoms with E-state index in [4.69, 9.17) is 4.42 Å². The molecule has 78 valence electrons. The van der Waals surface area contributed by atoms with Crippen molar-refractivity contribution in [1.82, 2.24) is 10.3 Å². The van der Waals surface area contributed by atoms with E-state index in [1.54, 1.807) is 0 Å². The lowest BCUT2D eigenvalue weighted by molar-refractivity contribution is -0.141. The maximum absolute atomic E-state index is 12.1. The third kappa shape index (κ3) is 1.75. The molecular formula is C8H9F3N2O. The molecule has 1 fully saturated rings. The molecule has 0 amide bonds. The molecule has 14 heavy (non-hydrogen) atoms. The molecule has 1 aliphatic rings. The van der Waals surface area contributed by atoms with Gasteiger partial charge in [-0.1, -0.05) is 0 Å². The lowest BCUT2D eigenvalue weighted by atomic mass is 10.2. The van der Waals surface area contributed by atoms with Crippen molar-refractivity contribution in [3.05, 3.63) is 17.8 Å². The van der Waals surface area contributed by atoms with Crippen molar-refractivity contribution in [1.29, 1.82) is 0 Å². The summed E-state index contributed by atoms with van der Waals surface area (Å²) in [6.07, 6.45) is -2.04. The molecule has 1 aromatic rings. The van der Waals surface area contributed by atoms with Gasteiger partial charge in [-0.15, -0.1) is 0 Å². The van der Waals surface area contributed by atoms with Gasteiger partial charge in [0.1, 0.15) is 6.26 Å². The van der Waals surface area contributed by atoms with Crippen LogP contribution in [-0.4, -0.2) is 11.5 Å². The number of hydrogen-bond acceptors (Lipinski definition) is 3. The minimum Gasteiger partial charge on any atom is -0.447 e. The highest BCUT2D eigenvalue weighted by Gasteiger charge is 2.35. The van der Waals surface area contributed by atoms with Gasteiger partial charge in [-0.3, -0.25) is 0 Å². The minimum absolute atomic E-state index is 0.134. The average Bonchev–Trinajstić information content (AvgIpc) is 2.73. The lowest BCUT2D eigenvalue weighted by Crippen LogP contribution is -2.14. The topological polar surface area (TPSA) is 38.1 Å². The summed E-state index contributed by atoms with van der Waals surface area (Å²) < 4.78 is 41.2. The molecule has 0 aromatic carbocycles. The van der Waals surface area contributed by atoms with E-state index < -0.39 is 11.9 Å². The zero-order valence-electron chi connectivity index (χ0n) is 7.27. The van der Waals surface area contributed by atoms with Crippen LogP contribution >= 0.6 is 0 Å². The predicted molar refractivity (Wildman–Crippen MR) is 41.5 cm³/mol. The first-order chi connectivity index (χ1) is 6.57. The van der Waals surface area contributed by atoms with Crippen molar-refractivity contribution in [3.8, 4) is 0 Å². The first kappa shape index (κ1) is 9.51. The fraction of sp³-hybridized carbons (Fsp3) is 0.625. The first-order valence-corrected chi connectivity index (χ1v) is 4.33. The third-order valence-corrected chi connectivity index (χ3v) is 2.17. The van der Waals surface area contributed by atoms with E-state index >= 15 is 0 Å². The van der Waals surface area contributed by atoms with Gasteiger partial charge in [-0.05, 0) is 19.4 Å². The standard InChI is InChI=1S/C8H9F3N2O/c9-8(10,11)6-4-14-7(13-6)5-2-1-3-12-5/h4-5,12H,1-3H2. The molecule has 1 N–H and O–H groups in total. The van der Waals surface area contributed by atoms with Crippen molar-refractivity contribution < 1.29 is 17.6 Å². The Bertz CT molecular complexity index is 315. The van der Waals surface area contributed by atoms with E-state index in [2.05, 4.69) is 10.3 Å².